The minimum atomic E-state index is -0.682. The third kappa shape index (κ3) is 5.93. The minimum absolute atomic E-state index is 0.0462. The van der Waals surface area contributed by atoms with Crippen molar-refractivity contribution in [3.05, 3.63) is 95.3 Å². The van der Waals surface area contributed by atoms with Crippen LogP contribution in [-0.2, 0) is 16.0 Å². The van der Waals surface area contributed by atoms with Crippen LogP contribution in [0, 0.1) is 11.7 Å². The number of rotatable bonds is 8. The van der Waals surface area contributed by atoms with E-state index >= 15 is 0 Å². The Kier molecular flexibility index (Phi) is 8.04. The van der Waals surface area contributed by atoms with E-state index in [0.717, 1.165) is 16.7 Å². The summed E-state index contributed by atoms with van der Waals surface area (Å²) in [5.41, 5.74) is 3.42. The largest absolute Gasteiger partial charge is 0.481 e. The second-order valence-corrected chi connectivity index (χ2v) is 9.62. The molecule has 36 heavy (non-hydrogen) atoms. The molecule has 0 fully saturated rings. The van der Waals surface area contributed by atoms with E-state index in [4.69, 9.17) is 4.74 Å². The number of hydrogen-bond acceptors (Lipinski definition) is 3. The number of nitrogens with zero attached hydrogens (tertiary/aromatic N) is 1. The number of hydrogen-bond donors (Lipinski definition) is 1. The number of ether oxygens (including phenoxy) is 1. The van der Waals surface area contributed by atoms with Crippen molar-refractivity contribution < 1.29 is 18.7 Å². The molecule has 1 heterocycles. The van der Waals surface area contributed by atoms with Crippen LogP contribution in [0.15, 0.2) is 72.8 Å². The molecule has 2 atom stereocenters. The number of halogens is 1. The first-order valence-corrected chi connectivity index (χ1v) is 12.6. The summed E-state index contributed by atoms with van der Waals surface area (Å²) in [5.74, 6) is 0.243. The zero-order chi connectivity index (χ0) is 25.7. The SMILES string of the molecule is CC[C@@H](Oc1ccc2c(c1)[C@H](c1cccc(F)c1)N(C(=O)CC(C)C)CC2)C(=O)Nc1ccccc1. The van der Waals surface area contributed by atoms with Crippen LogP contribution in [-0.4, -0.2) is 29.4 Å². The highest BCUT2D eigenvalue weighted by atomic mass is 19.1. The van der Waals surface area contributed by atoms with E-state index in [9.17, 15) is 14.0 Å². The van der Waals surface area contributed by atoms with Crippen LogP contribution in [0.25, 0.3) is 0 Å². The van der Waals surface area contributed by atoms with E-state index in [1.807, 2.05) is 80.3 Å². The monoisotopic (exact) mass is 488 g/mol. The van der Waals surface area contributed by atoms with Gasteiger partial charge in [-0.15, -0.1) is 0 Å². The molecule has 0 unspecified atom stereocenters. The van der Waals surface area contributed by atoms with Gasteiger partial charge in [-0.05, 0) is 71.8 Å². The zero-order valence-corrected chi connectivity index (χ0v) is 21.0. The first-order valence-electron chi connectivity index (χ1n) is 12.6. The van der Waals surface area contributed by atoms with Crippen molar-refractivity contribution in [2.75, 3.05) is 11.9 Å². The van der Waals surface area contributed by atoms with Crippen molar-refractivity contribution in [3.8, 4) is 5.75 Å². The summed E-state index contributed by atoms with van der Waals surface area (Å²) in [6.45, 7) is 6.50. The van der Waals surface area contributed by atoms with Gasteiger partial charge in [-0.25, -0.2) is 4.39 Å². The predicted molar refractivity (Wildman–Crippen MR) is 139 cm³/mol. The molecule has 0 aliphatic carbocycles. The van der Waals surface area contributed by atoms with Crippen molar-refractivity contribution in [1.29, 1.82) is 0 Å². The Morgan fingerprint density at radius 3 is 2.53 bits per heavy atom. The number of benzene rings is 3. The second kappa shape index (κ2) is 11.4. The Labute approximate surface area is 212 Å². The van der Waals surface area contributed by atoms with Crippen molar-refractivity contribution in [3.63, 3.8) is 0 Å². The lowest BCUT2D eigenvalue weighted by Crippen LogP contribution is -2.41. The fourth-order valence-corrected chi connectivity index (χ4v) is 4.67. The molecular formula is C30H33FN2O3. The first-order chi connectivity index (χ1) is 17.4. The van der Waals surface area contributed by atoms with Crippen LogP contribution in [0.1, 0.15) is 56.3 Å². The molecule has 0 aromatic heterocycles. The lowest BCUT2D eigenvalue weighted by molar-refractivity contribution is -0.134. The average molecular weight is 489 g/mol. The predicted octanol–water partition coefficient (Wildman–Crippen LogP) is 6.14. The van der Waals surface area contributed by atoms with Crippen molar-refractivity contribution in [2.24, 2.45) is 5.92 Å². The Morgan fingerprint density at radius 1 is 1.06 bits per heavy atom. The number of carbonyl (C=O) groups is 2. The standard InChI is InChI=1S/C30H33FN2O3/c1-4-27(30(35)32-24-11-6-5-7-12-24)36-25-14-13-21-15-16-33(28(34)17-20(2)3)29(26(21)19-25)22-9-8-10-23(31)18-22/h5-14,18-20,27,29H,4,15-17H2,1-3H3,(H,32,35)/t27-,29+/m1/s1. The Hall–Kier alpha value is -3.67. The van der Waals surface area contributed by atoms with E-state index in [1.165, 1.54) is 12.1 Å². The van der Waals surface area contributed by atoms with E-state index in [2.05, 4.69) is 5.32 Å². The number of amides is 2. The van der Waals surface area contributed by atoms with E-state index < -0.39 is 12.1 Å². The van der Waals surface area contributed by atoms with Crippen LogP contribution in [0.5, 0.6) is 5.75 Å². The molecule has 188 valence electrons. The number of nitrogens with one attached hydrogen (secondary N) is 1. The Morgan fingerprint density at radius 2 is 1.83 bits per heavy atom. The highest BCUT2D eigenvalue weighted by Gasteiger charge is 2.33. The van der Waals surface area contributed by atoms with Gasteiger partial charge in [-0.3, -0.25) is 9.59 Å². The summed E-state index contributed by atoms with van der Waals surface area (Å²) < 4.78 is 20.4. The van der Waals surface area contributed by atoms with Crippen LogP contribution >= 0.6 is 0 Å². The Bertz CT molecular complexity index is 1210. The summed E-state index contributed by atoms with van der Waals surface area (Å²) in [7, 11) is 0. The first kappa shape index (κ1) is 25.4. The van der Waals surface area contributed by atoms with Gasteiger partial charge >= 0.3 is 0 Å². The van der Waals surface area contributed by atoms with Gasteiger partial charge in [0.25, 0.3) is 5.91 Å². The van der Waals surface area contributed by atoms with Gasteiger partial charge in [0.1, 0.15) is 11.6 Å². The molecule has 0 spiro atoms. The van der Waals surface area contributed by atoms with E-state index in [0.29, 0.717) is 37.2 Å². The second-order valence-electron chi connectivity index (χ2n) is 9.62. The van der Waals surface area contributed by atoms with Gasteiger partial charge in [0.2, 0.25) is 5.91 Å². The maximum atomic E-state index is 14.2. The Balaban J connectivity index is 1.64. The summed E-state index contributed by atoms with van der Waals surface area (Å²) in [6, 6.07) is 21.0. The van der Waals surface area contributed by atoms with Gasteiger partial charge in [0.15, 0.2) is 6.10 Å². The van der Waals surface area contributed by atoms with Gasteiger partial charge < -0.3 is 15.0 Å². The number of fused-ring (bicyclic) bond motifs is 1. The lowest BCUT2D eigenvalue weighted by Gasteiger charge is -2.38. The molecule has 1 aliphatic heterocycles. The smallest absolute Gasteiger partial charge is 0.265 e. The normalized spacial score (nSPS) is 15.8. The number of carbonyl (C=O) groups excluding carboxylic acids is 2. The van der Waals surface area contributed by atoms with Gasteiger partial charge in [-0.1, -0.05) is 57.2 Å². The molecule has 3 aromatic carbocycles. The molecule has 0 bridgehead atoms. The lowest BCUT2D eigenvalue weighted by atomic mass is 9.87. The topological polar surface area (TPSA) is 58.6 Å². The minimum Gasteiger partial charge on any atom is -0.481 e. The molecule has 0 saturated heterocycles. The number of anilines is 1. The molecule has 3 aromatic rings. The third-order valence-electron chi connectivity index (χ3n) is 6.40. The summed E-state index contributed by atoms with van der Waals surface area (Å²) in [5, 5.41) is 2.90. The van der Waals surface area contributed by atoms with Crippen LogP contribution in [0.3, 0.4) is 0 Å². The maximum Gasteiger partial charge on any atom is 0.265 e. The third-order valence-corrected chi connectivity index (χ3v) is 6.40. The summed E-state index contributed by atoms with van der Waals surface area (Å²) in [6.07, 6.45) is 0.937. The molecule has 1 N–H and O–H groups in total. The van der Waals surface area contributed by atoms with Gasteiger partial charge in [0.05, 0.1) is 6.04 Å². The van der Waals surface area contributed by atoms with E-state index in [1.54, 1.807) is 6.07 Å². The molecule has 1 aliphatic rings. The zero-order valence-electron chi connectivity index (χ0n) is 21.0. The molecule has 4 rings (SSSR count). The fraction of sp³-hybridized carbons (Fsp3) is 0.333. The molecule has 2 amide bonds. The molecule has 5 nitrogen and oxygen atoms in total. The fourth-order valence-electron chi connectivity index (χ4n) is 4.67. The summed E-state index contributed by atoms with van der Waals surface area (Å²) >= 11 is 0. The molecular weight excluding hydrogens is 455 g/mol. The van der Waals surface area contributed by atoms with Crippen LogP contribution < -0.4 is 10.1 Å². The van der Waals surface area contributed by atoms with Crippen LogP contribution in [0.4, 0.5) is 10.1 Å². The highest BCUT2D eigenvalue weighted by molar-refractivity contribution is 5.94. The molecule has 0 radical (unpaired) electrons. The van der Waals surface area contributed by atoms with Crippen molar-refractivity contribution in [2.45, 2.75) is 52.2 Å². The van der Waals surface area contributed by atoms with E-state index in [-0.39, 0.29) is 23.5 Å². The van der Waals surface area contributed by atoms with Crippen LogP contribution in [0.2, 0.25) is 0 Å². The maximum absolute atomic E-state index is 14.2. The molecule has 6 heteroatoms. The van der Waals surface area contributed by atoms with Gasteiger partial charge in [0, 0.05) is 18.7 Å². The van der Waals surface area contributed by atoms with Crippen molar-refractivity contribution >= 4 is 17.5 Å². The average Bonchev–Trinajstić information content (AvgIpc) is 2.86. The molecule has 0 saturated carbocycles. The van der Waals surface area contributed by atoms with Gasteiger partial charge in [-0.2, -0.15) is 0 Å². The van der Waals surface area contributed by atoms with Crippen molar-refractivity contribution in [1.82, 2.24) is 4.90 Å². The highest BCUT2D eigenvalue weighted by Crippen LogP contribution is 2.38. The number of para-hydroxylation sites is 1. The summed E-state index contributed by atoms with van der Waals surface area (Å²) in [4.78, 5) is 27.9. The quantitative estimate of drug-likeness (QED) is 0.414.